The van der Waals surface area contributed by atoms with Crippen LogP contribution in [-0.2, 0) is 16.1 Å². The van der Waals surface area contributed by atoms with E-state index in [-0.39, 0.29) is 30.8 Å². The van der Waals surface area contributed by atoms with Gasteiger partial charge in [0.15, 0.2) is 5.65 Å². The van der Waals surface area contributed by atoms with Crippen molar-refractivity contribution in [3.05, 3.63) is 53.7 Å². The summed E-state index contributed by atoms with van der Waals surface area (Å²) in [6, 6.07) is 7.74. The molecule has 5 rings (SSSR count). The molecule has 0 atom stereocenters. The van der Waals surface area contributed by atoms with E-state index in [1.54, 1.807) is 21.6 Å². The Morgan fingerprint density at radius 2 is 2.08 bits per heavy atom. The van der Waals surface area contributed by atoms with Crippen LogP contribution in [0.3, 0.4) is 0 Å². The predicted octanol–water partition coefficient (Wildman–Crippen LogP) is 4.29. The Kier molecular flexibility index (Phi) is 8.55. The van der Waals surface area contributed by atoms with Crippen LogP contribution in [0, 0.1) is 0 Å². The van der Waals surface area contributed by atoms with Crippen molar-refractivity contribution in [3.63, 3.8) is 0 Å². The normalized spacial score (nSPS) is 18.1. The molecule has 3 aromatic rings. The maximum atomic E-state index is 13.3. The number of rotatable bonds is 10. The molecule has 0 saturated carbocycles. The largest absolute Gasteiger partial charge is 0.381 e. The van der Waals surface area contributed by atoms with Crippen molar-refractivity contribution in [1.82, 2.24) is 24.5 Å². The van der Waals surface area contributed by atoms with E-state index in [0.29, 0.717) is 37.2 Å². The van der Waals surface area contributed by atoms with Crippen molar-refractivity contribution in [1.29, 1.82) is 0 Å². The second-order valence-electron chi connectivity index (χ2n) is 10.7. The number of aromatic nitrogens is 4. The highest BCUT2D eigenvalue weighted by atomic mass is 19.3. The summed E-state index contributed by atoms with van der Waals surface area (Å²) in [7, 11) is 0. The number of fused-ring (bicyclic) bond motifs is 1. The molecule has 10 nitrogen and oxygen atoms in total. The number of nitrogens with zero attached hydrogens (tertiary/aromatic N) is 5. The Balaban J connectivity index is 1.24. The minimum absolute atomic E-state index is 0.137. The first-order valence-electron chi connectivity index (χ1n) is 13.8. The predicted molar refractivity (Wildman–Crippen MR) is 150 cm³/mol. The molecule has 1 aromatic carbocycles. The maximum Gasteiger partial charge on any atom is 0.261 e. The fraction of sp³-hybridized carbons (Fsp3) is 0.500. The molecule has 3 N–H and O–H groups in total. The van der Waals surface area contributed by atoms with Gasteiger partial charge < -0.3 is 20.7 Å². The van der Waals surface area contributed by atoms with Crippen molar-refractivity contribution in [2.75, 3.05) is 48.8 Å². The van der Waals surface area contributed by atoms with E-state index in [4.69, 9.17) is 14.7 Å². The molecule has 2 fully saturated rings. The van der Waals surface area contributed by atoms with Gasteiger partial charge in [-0.1, -0.05) is 32.1 Å². The van der Waals surface area contributed by atoms with Crippen molar-refractivity contribution in [2.45, 2.75) is 57.5 Å². The van der Waals surface area contributed by atoms with Crippen LogP contribution in [0.1, 0.15) is 50.2 Å². The van der Waals surface area contributed by atoms with Gasteiger partial charge in [-0.25, -0.2) is 8.78 Å². The number of alkyl halides is 2. The molecular formula is C28H36F2N8O2. The molecule has 0 spiro atoms. The monoisotopic (exact) mass is 554 g/mol. The molecule has 214 valence electrons. The Labute approximate surface area is 232 Å². The molecular weight excluding hydrogens is 518 g/mol. The molecule has 4 heterocycles. The number of amides is 1. The number of carbonyl (C=O) groups is 1. The lowest BCUT2D eigenvalue weighted by atomic mass is 10.1. The second kappa shape index (κ2) is 12.3. The SMILES string of the molecule is CC(C)c1cnn2c(NCc3cccc(NC(=O)/C=C/CN4CCC(F)(F)C4)c3)nc(NC3CCOCC3)nc12. The fourth-order valence-electron chi connectivity index (χ4n) is 4.90. The Bertz CT molecular complexity index is 1350. The molecule has 1 amide bonds. The van der Waals surface area contributed by atoms with Crippen molar-refractivity contribution in [3.8, 4) is 0 Å². The highest BCUT2D eigenvalue weighted by molar-refractivity contribution is 5.99. The third-order valence-electron chi connectivity index (χ3n) is 7.10. The summed E-state index contributed by atoms with van der Waals surface area (Å²) in [5.41, 5.74) is 3.37. The summed E-state index contributed by atoms with van der Waals surface area (Å²) in [5, 5.41) is 14.2. The molecule has 0 radical (unpaired) electrons. The van der Waals surface area contributed by atoms with E-state index in [1.807, 2.05) is 24.4 Å². The highest BCUT2D eigenvalue weighted by Crippen LogP contribution is 2.26. The Hall–Kier alpha value is -3.64. The standard InChI is InChI=1S/C28H36F2N8O2/c1-19(2)23-17-32-38-25(23)35-26(34-21-8-13-40-14-9-21)36-27(38)31-16-20-5-3-6-22(15-20)33-24(39)7-4-11-37-12-10-28(29,30)18-37/h3-7,15,17,19,21H,8-14,16,18H2,1-2H3,(H,33,39)(H2,31,34,35,36)/b7-4+. The number of halogens is 2. The van der Waals surface area contributed by atoms with Gasteiger partial charge in [-0.3, -0.25) is 9.69 Å². The van der Waals surface area contributed by atoms with E-state index < -0.39 is 5.92 Å². The second-order valence-corrected chi connectivity index (χ2v) is 10.7. The van der Waals surface area contributed by atoms with E-state index >= 15 is 0 Å². The minimum Gasteiger partial charge on any atom is -0.381 e. The third kappa shape index (κ3) is 7.11. The number of nitrogens with one attached hydrogen (secondary N) is 3. The number of anilines is 3. The minimum atomic E-state index is -2.64. The lowest BCUT2D eigenvalue weighted by Crippen LogP contribution is -2.29. The molecule has 40 heavy (non-hydrogen) atoms. The smallest absolute Gasteiger partial charge is 0.261 e. The van der Waals surface area contributed by atoms with Gasteiger partial charge >= 0.3 is 0 Å². The average Bonchev–Trinajstić information content (AvgIpc) is 3.51. The van der Waals surface area contributed by atoms with Gasteiger partial charge in [0.1, 0.15) is 0 Å². The lowest BCUT2D eigenvalue weighted by Gasteiger charge is -2.23. The molecule has 0 aliphatic carbocycles. The number of benzene rings is 1. The van der Waals surface area contributed by atoms with E-state index in [2.05, 4.69) is 34.9 Å². The van der Waals surface area contributed by atoms with Crippen LogP contribution in [-0.4, -0.2) is 75.2 Å². The molecule has 2 aromatic heterocycles. The van der Waals surface area contributed by atoms with Crippen LogP contribution in [0.4, 0.5) is 26.4 Å². The summed E-state index contributed by atoms with van der Waals surface area (Å²) < 4.78 is 33.9. The van der Waals surface area contributed by atoms with Crippen LogP contribution in [0.15, 0.2) is 42.6 Å². The summed E-state index contributed by atoms with van der Waals surface area (Å²) in [6.45, 7) is 6.48. The zero-order chi connectivity index (χ0) is 28.1. The zero-order valence-electron chi connectivity index (χ0n) is 22.9. The fourth-order valence-corrected chi connectivity index (χ4v) is 4.90. The summed E-state index contributed by atoms with van der Waals surface area (Å²) >= 11 is 0. The van der Waals surface area contributed by atoms with Crippen LogP contribution >= 0.6 is 0 Å². The molecule has 2 aliphatic rings. The van der Waals surface area contributed by atoms with Crippen LogP contribution < -0.4 is 16.0 Å². The van der Waals surface area contributed by atoms with Crippen molar-refractivity contribution in [2.24, 2.45) is 0 Å². The van der Waals surface area contributed by atoms with Crippen molar-refractivity contribution < 1.29 is 18.3 Å². The topological polar surface area (TPSA) is 109 Å². The van der Waals surface area contributed by atoms with E-state index in [9.17, 15) is 13.6 Å². The molecule has 2 saturated heterocycles. The average molecular weight is 555 g/mol. The van der Waals surface area contributed by atoms with E-state index in [0.717, 1.165) is 42.8 Å². The molecule has 0 unspecified atom stereocenters. The number of carbonyl (C=O) groups excluding carboxylic acids is 1. The van der Waals surface area contributed by atoms with Gasteiger partial charge in [0, 0.05) is 62.6 Å². The van der Waals surface area contributed by atoms with Gasteiger partial charge in [0.2, 0.25) is 17.8 Å². The highest BCUT2D eigenvalue weighted by Gasteiger charge is 2.37. The number of hydrogen-bond acceptors (Lipinski definition) is 8. The van der Waals surface area contributed by atoms with Gasteiger partial charge in [-0.15, -0.1) is 0 Å². The first kappa shape index (κ1) is 27.9. The van der Waals surface area contributed by atoms with Crippen LogP contribution in [0.2, 0.25) is 0 Å². The summed E-state index contributed by atoms with van der Waals surface area (Å²) in [5.74, 6) is -1.58. The number of likely N-dealkylation sites (tertiary alicyclic amines) is 1. The number of ether oxygens (including phenoxy) is 1. The van der Waals surface area contributed by atoms with Gasteiger partial charge in [-0.05, 0) is 36.5 Å². The molecule has 2 aliphatic heterocycles. The molecule has 12 heteroatoms. The first-order chi connectivity index (χ1) is 19.3. The van der Waals surface area contributed by atoms with Gasteiger partial charge in [0.25, 0.3) is 5.92 Å². The lowest BCUT2D eigenvalue weighted by molar-refractivity contribution is -0.111. The zero-order valence-corrected chi connectivity index (χ0v) is 22.9. The first-order valence-corrected chi connectivity index (χ1v) is 13.8. The Morgan fingerprint density at radius 1 is 1.25 bits per heavy atom. The van der Waals surface area contributed by atoms with Gasteiger partial charge in [0.05, 0.1) is 12.7 Å². The van der Waals surface area contributed by atoms with Gasteiger partial charge in [-0.2, -0.15) is 19.6 Å². The van der Waals surface area contributed by atoms with Crippen LogP contribution in [0.25, 0.3) is 5.65 Å². The third-order valence-corrected chi connectivity index (χ3v) is 7.10. The maximum absolute atomic E-state index is 13.3. The number of hydrogen-bond donors (Lipinski definition) is 3. The Morgan fingerprint density at radius 3 is 2.83 bits per heavy atom. The summed E-state index contributed by atoms with van der Waals surface area (Å²) in [4.78, 5) is 23.5. The molecule has 0 bridgehead atoms. The quantitative estimate of drug-likeness (QED) is 0.319. The van der Waals surface area contributed by atoms with Crippen LogP contribution in [0.5, 0.6) is 0 Å². The summed E-state index contributed by atoms with van der Waals surface area (Å²) in [6.07, 6.45) is 6.49. The van der Waals surface area contributed by atoms with E-state index in [1.165, 1.54) is 6.08 Å². The van der Waals surface area contributed by atoms with Crippen molar-refractivity contribution >= 4 is 29.1 Å².